The molecule has 2 heterocycles. The molecule has 0 aromatic heterocycles. The molecule has 1 fully saturated rings. The van der Waals surface area contributed by atoms with E-state index < -0.39 is 15.8 Å². The van der Waals surface area contributed by atoms with Crippen LogP contribution in [0.15, 0.2) is 53.4 Å². The highest BCUT2D eigenvalue weighted by Gasteiger charge is 2.34. The van der Waals surface area contributed by atoms with Gasteiger partial charge in [-0.15, -0.1) is 0 Å². The number of carbonyl (C=O) groups is 1. The first-order chi connectivity index (χ1) is 20.5. The molecule has 0 saturated carbocycles. The number of nitrogens with one attached hydrogen (secondary N) is 2. The number of nitrogens with two attached hydrogens (primary N) is 1. The molecule has 1 saturated heterocycles. The van der Waals surface area contributed by atoms with Gasteiger partial charge in [-0.05, 0) is 73.9 Å². The van der Waals surface area contributed by atoms with Gasteiger partial charge in [0.15, 0.2) is 5.96 Å². The normalized spacial score (nSPS) is 15.7. The number of carbonyl (C=O) groups excluding carboxylic acids is 1. The second-order valence-corrected chi connectivity index (χ2v) is 13.0. The molecule has 2 aromatic carbocycles. The number of sulfonamides is 1. The molecule has 7 N–H and O–H groups in total. The van der Waals surface area contributed by atoms with Crippen molar-refractivity contribution in [1.82, 2.24) is 14.5 Å². The second kappa shape index (κ2) is 14.1. The molecule has 1 amide bonds. The number of unbranched alkanes of at least 4 members (excludes halogenated alkanes) is 1. The average molecular weight is 615 g/mol. The van der Waals surface area contributed by atoms with Crippen LogP contribution in [0.3, 0.4) is 0 Å². The van der Waals surface area contributed by atoms with E-state index in [4.69, 9.17) is 11.1 Å². The van der Waals surface area contributed by atoms with Crippen LogP contribution in [0.5, 0.6) is 11.5 Å². The molecule has 4 rings (SSSR count). The highest BCUT2D eigenvalue weighted by molar-refractivity contribution is 7.89. The fourth-order valence-electron chi connectivity index (χ4n) is 5.71. The maximum absolute atomic E-state index is 13.3. The predicted octanol–water partition coefficient (Wildman–Crippen LogP) is 2.19. The number of rotatable bonds is 13. The number of hydrogen-bond donors (Lipinski definition) is 6. The minimum atomic E-state index is -3.99. The summed E-state index contributed by atoms with van der Waals surface area (Å²) in [6.45, 7) is 6.83. The van der Waals surface area contributed by atoms with E-state index in [0.717, 1.165) is 48.7 Å². The Kier molecular flexibility index (Phi) is 10.5. The van der Waals surface area contributed by atoms with Crippen molar-refractivity contribution in [3.05, 3.63) is 59.7 Å². The molecule has 13 heteroatoms. The lowest BCUT2D eigenvalue weighted by Crippen LogP contribution is -2.47. The molecular formula is C30H42N6O6S. The Bertz CT molecular complexity index is 1440. The quantitative estimate of drug-likeness (QED) is 0.0852. The first-order valence-electron chi connectivity index (χ1n) is 14.6. The molecule has 0 bridgehead atoms. The molecule has 0 unspecified atom stereocenters. The van der Waals surface area contributed by atoms with Crippen LogP contribution in [-0.4, -0.2) is 83.6 Å². The number of guanidine groups is 1. The number of nitrogens with zero attached hydrogens (tertiary/aromatic N) is 3. The van der Waals surface area contributed by atoms with Gasteiger partial charge >= 0.3 is 0 Å². The minimum Gasteiger partial charge on any atom is -0.508 e. The SMILES string of the molecule is C=C(CCCNC(=N)N)C(=O)N1CCC(N(CCCCO)c2ccc3c(c2)CN(S(=O)(=O)c2ccc(O)cc2O)C3)CC1. The fraction of sp³-hybridized carbons (Fsp3) is 0.467. The highest BCUT2D eigenvalue weighted by atomic mass is 32.2. The Labute approximate surface area is 253 Å². The van der Waals surface area contributed by atoms with Crippen molar-refractivity contribution in [1.29, 1.82) is 5.41 Å². The zero-order valence-corrected chi connectivity index (χ0v) is 25.2. The summed E-state index contributed by atoms with van der Waals surface area (Å²) in [7, 11) is -3.99. The van der Waals surface area contributed by atoms with Gasteiger partial charge in [-0.25, -0.2) is 8.42 Å². The van der Waals surface area contributed by atoms with Crippen molar-refractivity contribution < 1.29 is 28.5 Å². The molecule has 234 valence electrons. The van der Waals surface area contributed by atoms with E-state index in [0.29, 0.717) is 44.5 Å². The van der Waals surface area contributed by atoms with Crippen LogP contribution < -0.4 is 16.0 Å². The van der Waals surface area contributed by atoms with Crippen LogP contribution in [-0.2, 0) is 27.9 Å². The summed E-state index contributed by atoms with van der Waals surface area (Å²) in [5.74, 6) is -0.856. The van der Waals surface area contributed by atoms with Crippen LogP contribution in [0, 0.1) is 5.41 Å². The topological polar surface area (TPSA) is 184 Å². The smallest absolute Gasteiger partial charge is 0.249 e. The van der Waals surface area contributed by atoms with Crippen LogP contribution in [0.25, 0.3) is 0 Å². The van der Waals surface area contributed by atoms with Gasteiger partial charge in [0.25, 0.3) is 0 Å². The Morgan fingerprint density at radius 3 is 2.47 bits per heavy atom. The molecule has 2 aliphatic heterocycles. The summed E-state index contributed by atoms with van der Waals surface area (Å²) in [6, 6.07) is 9.59. The molecule has 0 spiro atoms. The third-order valence-electron chi connectivity index (χ3n) is 8.05. The van der Waals surface area contributed by atoms with Gasteiger partial charge in [0, 0.05) is 69.2 Å². The van der Waals surface area contributed by atoms with Gasteiger partial charge in [0.1, 0.15) is 16.4 Å². The Morgan fingerprint density at radius 1 is 1.07 bits per heavy atom. The van der Waals surface area contributed by atoms with E-state index in [1.807, 2.05) is 23.1 Å². The van der Waals surface area contributed by atoms with Crippen LogP contribution in [0.2, 0.25) is 0 Å². The monoisotopic (exact) mass is 614 g/mol. The lowest BCUT2D eigenvalue weighted by atomic mass is 9.99. The van der Waals surface area contributed by atoms with E-state index in [9.17, 15) is 28.5 Å². The van der Waals surface area contributed by atoms with Crippen molar-refractivity contribution in [2.45, 2.75) is 62.6 Å². The summed E-state index contributed by atoms with van der Waals surface area (Å²) in [5.41, 5.74) is 8.58. The molecule has 43 heavy (non-hydrogen) atoms. The zero-order valence-electron chi connectivity index (χ0n) is 24.3. The molecule has 2 aromatic rings. The Balaban J connectivity index is 1.42. The van der Waals surface area contributed by atoms with E-state index in [-0.39, 0.29) is 48.2 Å². The van der Waals surface area contributed by atoms with Crippen molar-refractivity contribution in [2.75, 3.05) is 37.7 Å². The summed E-state index contributed by atoms with van der Waals surface area (Å²) in [4.78, 5) is 16.9. The molecular weight excluding hydrogens is 572 g/mol. The van der Waals surface area contributed by atoms with Gasteiger partial charge in [-0.2, -0.15) is 4.31 Å². The first-order valence-corrected chi connectivity index (χ1v) is 16.0. The van der Waals surface area contributed by atoms with E-state index in [2.05, 4.69) is 16.8 Å². The summed E-state index contributed by atoms with van der Waals surface area (Å²) in [5, 5.41) is 39.1. The predicted molar refractivity (Wildman–Crippen MR) is 164 cm³/mol. The van der Waals surface area contributed by atoms with Crippen molar-refractivity contribution in [2.24, 2.45) is 5.73 Å². The van der Waals surface area contributed by atoms with Crippen molar-refractivity contribution >= 4 is 27.6 Å². The van der Waals surface area contributed by atoms with Crippen LogP contribution in [0.4, 0.5) is 5.69 Å². The Morgan fingerprint density at radius 2 is 1.79 bits per heavy atom. The van der Waals surface area contributed by atoms with Gasteiger partial charge in [0.2, 0.25) is 15.9 Å². The number of piperidine rings is 1. The largest absolute Gasteiger partial charge is 0.508 e. The van der Waals surface area contributed by atoms with Crippen molar-refractivity contribution in [3.63, 3.8) is 0 Å². The van der Waals surface area contributed by atoms with E-state index in [1.54, 1.807) is 0 Å². The number of phenolic OH excluding ortho intramolecular Hbond substituents is 2. The number of hydrogen-bond acceptors (Lipinski definition) is 8. The number of benzene rings is 2. The number of aromatic hydroxyl groups is 2. The lowest BCUT2D eigenvalue weighted by Gasteiger charge is -2.40. The molecule has 2 aliphatic rings. The zero-order chi connectivity index (χ0) is 31.1. The maximum atomic E-state index is 13.3. The number of likely N-dealkylation sites (tertiary alicyclic amines) is 1. The number of aliphatic hydroxyl groups excluding tert-OH is 1. The third-order valence-corrected chi connectivity index (χ3v) is 9.89. The number of fused-ring (bicyclic) bond motifs is 1. The summed E-state index contributed by atoms with van der Waals surface area (Å²) >= 11 is 0. The minimum absolute atomic E-state index is 0.0494. The molecule has 0 radical (unpaired) electrons. The first kappa shape index (κ1) is 32.1. The lowest BCUT2D eigenvalue weighted by molar-refractivity contribution is -0.128. The molecule has 0 atom stereocenters. The molecule has 12 nitrogen and oxygen atoms in total. The maximum Gasteiger partial charge on any atom is 0.249 e. The van der Waals surface area contributed by atoms with Crippen molar-refractivity contribution in [3.8, 4) is 11.5 Å². The third kappa shape index (κ3) is 7.78. The van der Waals surface area contributed by atoms with Gasteiger partial charge in [-0.3, -0.25) is 10.2 Å². The number of anilines is 1. The van der Waals surface area contributed by atoms with Crippen LogP contribution in [0.1, 0.15) is 49.7 Å². The summed E-state index contributed by atoms with van der Waals surface area (Å²) in [6.07, 6.45) is 4.17. The highest BCUT2D eigenvalue weighted by Crippen LogP contribution is 2.36. The van der Waals surface area contributed by atoms with Gasteiger partial charge in [0.05, 0.1) is 0 Å². The second-order valence-electron chi connectivity index (χ2n) is 11.1. The van der Waals surface area contributed by atoms with Gasteiger partial charge in [-0.1, -0.05) is 12.6 Å². The fourth-order valence-corrected chi connectivity index (χ4v) is 7.17. The van der Waals surface area contributed by atoms with Crippen LogP contribution >= 0.6 is 0 Å². The average Bonchev–Trinajstić information content (AvgIpc) is 3.42. The number of amides is 1. The molecule has 0 aliphatic carbocycles. The standard InChI is InChI=1S/C30H42N6O6S/c1-21(5-4-12-33-30(31)32)29(40)34-14-10-24(11-15-34)36(13-2-3-16-37)25-7-6-22-19-35(20-23(22)17-25)43(41,42)28-9-8-26(38)18-27(28)39/h6-9,17-18,24,37-39H,1-5,10-16,19-20H2,(H4,31,32,33). The Hall–Kier alpha value is -3.81. The number of phenols is 2. The number of aliphatic hydroxyl groups is 1. The summed E-state index contributed by atoms with van der Waals surface area (Å²) < 4.78 is 27.9. The van der Waals surface area contributed by atoms with E-state index in [1.165, 1.54) is 16.4 Å². The van der Waals surface area contributed by atoms with Gasteiger partial charge < -0.3 is 36.2 Å². The van der Waals surface area contributed by atoms with E-state index >= 15 is 0 Å².